The first-order chi connectivity index (χ1) is 5.18. The molecule has 3 nitrogen and oxygen atoms in total. The third-order valence-corrected chi connectivity index (χ3v) is 1.17. The molecule has 0 fully saturated rings. The second-order valence-electron chi connectivity index (χ2n) is 2.21. The zero-order valence-corrected chi connectivity index (χ0v) is 9.13. The van der Waals surface area contributed by atoms with Gasteiger partial charge in [-0.05, 0) is 12.1 Å². The van der Waals surface area contributed by atoms with Crippen LogP contribution in [0.5, 0.6) is 5.75 Å². The van der Waals surface area contributed by atoms with Crippen LogP contribution < -0.4 is 40.0 Å². The van der Waals surface area contributed by atoms with E-state index in [0.717, 1.165) is 0 Å². The third-order valence-electron chi connectivity index (χ3n) is 1.17. The van der Waals surface area contributed by atoms with E-state index in [1.54, 1.807) is 12.1 Å². The van der Waals surface area contributed by atoms with Crippen LogP contribution in [-0.2, 0) is 4.79 Å². The predicted octanol–water partition coefficient (Wildman–Crippen LogP) is -2.28. The Morgan fingerprint density at radius 3 is 2.25 bits per heavy atom. The van der Waals surface area contributed by atoms with Crippen molar-refractivity contribution in [3.63, 3.8) is 0 Å². The van der Waals surface area contributed by atoms with E-state index < -0.39 is 0 Å². The molecule has 0 aliphatic heterocycles. The molecular formula is C8H8NNaO2. The Bertz CT molecular complexity index is 258. The molecule has 12 heavy (non-hydrogen) atoms. The van der Waals surface area contributed by atoms with E-state index in [1.165, 1.54) is 19.1 Å². The summed E-state index contributed by atoms with van der Waals surface area (Å²) < 4.78 is 0. The van der Waals surface area contributed by atoms with Crippen LogP contribution in [0.1, 0.15) is 6.92 Å². The molecule has 58 valence electrons. The van der Waals surface area contributed by atoms with Crippen LogP contribution in [0.2, 0.25) is 0 Å². The Morgan fingerprint density at radius 1 is 1.33 bits per heavy atom. The molecule has 0 saturated carbocycles. The first kappa shape index (κ1) is 11.5. The van der Waals surface area contributed by atoms with Crippen LogP contribution in [0.3, 0.4) is 0 Å². The van der Waals surface area contributed by atoms with Crippen molar-refractivity contribution in [2.75, 3.05) is 5.32 Å². The van der Waals surface area contributed by atoms with Gasteiger partial charge in [-0.3, -0.25) is 4.79 Å². The molecule has 0 spiro atoms. The topological polar surface area (TPSA) is 52.2 Å². The fourth-order valence-electron chi connectivity index (χ4n) is 0.742. The molecule has 0 aromatic heterocycles. The molecule has 0 heterocycles. The Balaban J connectivity index is 0.00000121. The van der Waals surface area contributed by atoms with Gasteiger partial charge in [-0.1, -0.05) is 12.1 Å². The van der Waals surface area contributed by atoms with Gasteiger partial charge in [0.2, 0.25) is 5.91 Å². The number of benzene rings is 1. The van der Waals surface area contributed by atoms with E-state index in [0.29, 0.717) is 5.69 Å². The summed E-state index contributed by atoms with van der Waals surface area (Å²) in [4.78, 5) is 10.5. The maximum absolute atomic E-state index is 10.6. The fraction of sp³-hybridized carbons (Fsp3) is 0.125. The van der Waals surface area contributed by atoms with Crippen molar-refractivity contribution >= 4 is 11.6 Å². The third kappa shape index (κ3) is 3.76. The molecule has 0 saturated heterocycles. The Labute approximate surface area is 93.1 Å². The Hall–Kier alpha value is -0.510. The first-order valence-corrected chi connectivity index (χ1v) is 3.23. The molecule has 0 radical (unpaired) electrons. The van der Waals surface area contributed by atoms with Gasteiger partial charge in [0.1, 0.15) is 0 Å². The molecule has 0 atom stereocenters. The van der Waals surface area contributed by atoms with E-state index in [9.17, 15) is 9.90 Å². The van der Waals surface area contributed by atoms with Gasteiger partial charge in [-0.15, -0.1) is 5.75 Å². The second-order valence-corrected chi connectivity index (χ2v) is 2.21. The van der Waals surface area contributed by atoms with Gasteiger partial charge in [0.25, 0.3) is 0 Å². The zero-order valence-electron chi connectivity index (χ0n) is 7.13. The van der Waals surface area contributed by atoms with E-state index >= 15 is 0 Å². The largest absolute Gasteiger partial charge is 1.00 e. The molecule has 4 heteroatoms. The SMILES string of the molecule is CC(=O)Nc1ccc([O-])cc1.[Na+]. The van der Waals surface area contributed by atoms with Crippen molar-refractivity contribution in [1.82, 2.24) is 0 Å². The minimum absolute atomic E-state index is 0. The summed E-state index contributed by atoms with van der Waals surface area (Å²) in [7, 11) is 0. The van der Waals surface area contributed by atoms with Crippen LogP contribution in [0.25, 0.3) is 0 Å². The fourth-order valence-corrected chi connectivity index (χ4v) is 0.742. The maximum atomic E-state index is 10.6. The summed E-state index contributed by atoms with van der Waals surface area (Å²) in [6.45, 7) is 1.42. The standard InChI is InChI=1S/C8H9NO2.Na/c1-6(10)9-7-2-4-8(11)5-3-7;/h2-5,11H,1H3,(H,9,10);/q;+1/p-1. The number of carbonyl (C=O) groups excluding carboxylic acids is 1. The minimum atomic E-state index is -0.136. The van der Waals surface area contributed by atoms with Gasteiger partial charge in [0.05, 0.1) is 0 Å². The number of carbonyl (C=O) groups is 1. The second kappa shape index (κ2) is 5.19. The number of rotatable bonds is 1. The van der Waals surface area contributed by atoms with Gasteiger partial charge in [-0.2, -0.15) is 0 Å². The average Bonchev–Trinajstić information content (AvgIpc) is 1.93. The van der Waals surface area contributed by atoms with Crippen molar-refractivity contribution in [3.05, 3.63) is 24.3 Å². The summed E-state index contributed by atoms with van der Waals surface area (Å²) in [5, 5.41) is 13.1. The quantitative estimate of drug-likeness (QED) is 0.486. The van der Waals surface area contributed by atoms with Gasteiger partial charge in [0.15, 0.2) is 0 Å². The van der Waals surface area contributed by atoms with Crippen molar-refractivity contribution < 1.29 is 39.5 Å². The Morgan fingerprint density at radius 2 is 1.83 bits per heavy atom. The normalized spacial score (nSPS) is 8.42. The maximum Gasteiger partial charge on any atom is 1.00 e. The van der Waals surface area contributed by atoms with Gasteiger partial charge in [0, 0.05) is 12.6 Å². The van der Waals surface area contributed by atoms with Crippen LogP contribution in [-0.4, -0.2) is 5.91 Å². The first-order valence-electron chi connectivity index (χ1n) is 3.23. The molecule has 0 unspecified atom stereocenters. The number of nitrogens with one attached hydrogen (secondary N) is 1. The molecule has 1 aromatic rings. The summed E-state index contributed by atoms with van der Waals surface area (Å²) in [5.74, 6) is -0.192. The van der Waals surface area contributed by atoms with Gasteiger partial charge >= 0.3 is 29.6 Å². The number of anilines is 1. The summed E-state index contributed by atoms with van der Waals surface area (Å²) >= 11 is 0. The van der Waals surface area contributed by atoms with Crippen LogP contribution >= 0.6 is 0 Å². The number of hydrogen-bond donors (Lipinski definition) is 1. The number of amides is 1. The van der Waals surface area contributed by atoms with Crippen LogP contribution in [0.15, 0.2) is 24.3 Å². The van der Waals surface area contributed by atoms with Crippen molar-refractivity contribution in [2.45, 2.75) is 6.92 Å². The van der Waals surface area contributed by atoms with Crippen LogP contribution in [0.4, 0.5) is 5.69 Å². The molecule has 0 aliphatic rings. The Kier molecular flexibility index (Phi) is 4.97. The molecule has 1 N–H and O–H groups in total. The molecule has 1 rings (SSSR count). The van der Waals surface area contributed by atoms with Crippen molar-refractivity contribution in [1.29, 1.82) is 0 Å². The van der Waals surface area contributed by atoms with Crippen LogP contribution in [0, 0.1) is 0 Å². The van der Waals surface area contributed by atoms with Crippen molar-refractivity contribution in [3.8, 4) is 5.75 Å². The summed E-state index contributed by atoms with van der Waals surface area (Å²) in [6, 6.07) is 5.96. The summed E-state index contributed by atoms with van der Waals surface area (Å²) in [6.07, 6.45) is 0. The zero-order chi connectivity index (χ0) is 8.27. The van der Waals surface area contributed by atoms with E-state index in [2.05, 4.69) is 5.32 Å². The summed E-state index contributed by atoms with van der Waals surface area (Å²) in [5.41, 5.74) is 0.650. The van der Waals surface area contributed by atoms with Gasteiger partial charge in [-0.25, -0.2) is 0 Å². The van der Waals surface area contributed by atoms with E-state index in [-0.39, 0.29) is 41.2 Å². The minimum Gasteiger partial charge on any atom is -0.872 e. The monoisotopic (exact) mass is 173 g/mol. The van der Waals surface area contributed by atoms with Gasteiger partial charge < -0.3 is 10.4 Å². The molecule has 1 aromatic carbocycles. The van der Waals surface area contributed by atoms with Crippen molar-refractivity contribution in [2.24, 2.45) is 0 Å². The smallest absolute Gasteiger partial charge is 0.872 e. The predicted molar refractivity (Wildman–Crippen MR) is 40.2 cm³/mol. The average molecular weight is 173 g/mol. The molecular weight excluding hydrogens is 165 g/mol. The molecule has 1 amide bonds. The number of hydrogen-bond acceptors (Lipinski definition) is 2. The van der Waals surface area contributed by atoms with E-state index in [4.69, 9.17) is 0 Å². The molecule has 0 bridgehead atoms. The van der Waals surface area contributed by atoms with E-state index in [1.807, 2.05) is 0 Å². The molecule has 0 aliphatic carbocycles.